The molecule has 152 valence electrons. The van der Waals surface area contributed by atoms with E-state index in [1.807, 2.05) is 59.5 Å². The monoisotopic (exact) mass is 413 g/mol. The number of aromatic amines is 1. The van der Waals surface area contributed by atoms with E-state index in [-0.39, 0.29) is 13.1 Å². The van der Waals surface area contributed by atoms with Crippen molar-refractivity contribution in [2.24, 2.45) is 0 Å². The summed E-state index contributed by atoms with van der Waals surface area (Å²) in [6.07, 6.45) is 1.19. The molecule has 3 aromatic rings. The summed E-state index contributed by atoms with van der Waals surface area (Å²) in [4.78, 5) is 17.7. The molecule has 1 atom stereocenters. The van der Waals surface area contributed by atoms with Crippen LogP contribution in [0, 0.1) is 0 Å². The highest BCUT2D eigenvalue weighted by Gasteiger charge is 2.35. The second-order valence-corrected chi connectivity index (χ2v) is 9.25. The third-order valence-electron chi connectivity index (χ3n) is 5.42. The summed E-state index contributed by atoms with van der Waals surface area (Å²) in [6.45, 7) is 1.28. The molecule has 4 rings (SSSR count). The van der Waals surface area contributed by atoms with Crippen molar-refractivity contribution in [1.29, 1.82) is 0 Å². The number of carbonyl (C=O) groups is 1. The predicted molar refractivity (Wildman–Crippen MR) is 112 cm³/mol. The normalized spacial score (nSPS) is 17.4. The Morgan fingerprint density at radius 1 is 1.00 bits per heavy atom. The number of carboxylic acids is 1. The van der Waals surface area contributed by atoms with Crippen LogP contribution in [0.2, 0.25) is 0 Å². The lowest BCUT2D eigenvalue weighted by atomic mass is 9.97. The minimum Gasteiger partial charge on any atom is -0.480 e. The maximum absolute atomic E-state index is 12.4. The number of rotatable bonds is 5. The average Bonchev–Trinajstić information content (AvgIpc) is 3.08. The van der Waals surface area contributed by atoms with Crippen LogP contribution in [0.25, 0.3) is 22.2 Å². The molecule has 0 saturated carbocycles. The fourth-order valence-corrected chi connectivity index (χ4v) is 4.86. The Morgan fingerprint density at radius 3 is 2.24 bits per heavy atom. The quantitative estimate of drug-likeness (QED) is 0.670. The molecule has 0 spiro atoms. The van der Waals surface area contributed by atoms with Crippen molar-refractivity contribution < 1.29 is 18.3 Å². The van der Waals surface area contributed by atoms with Crippen LogP contribution < -0.4 is 0 Å². The number of carboxylic acid groups (broad SMARTS) is 1. The van der Waals surface area contributed by atoms with Crippen LogP contribution in [-0.2, 0) is 14.8 Å². The molecule has 2 heterocycles. The van der Waals surface area contributed by atoms with Crippen molar-refractivity contribution >= 4 is 26.9 Å². The number of aromatic nitrogens is 1. The van der Waals surface area contributed by atoms with Gasteiger partial charge in [-0.1, -0.05) is 48.5 Å². The van der Waals surface area contributed by atoms with E-state index in [9.17, 15) is 18.3 Å². The molecule has 1 aromatic heterocycles. The van der Waals surface area contributed by atoms with E-state index >= 15 is 0 Å². The molecule has 0 radical (unpaired) electrons. The minimum atomic E-state index is -3.28. The Labute approximate surface area is 169 Å². The molecule has 1 aliphatic heterocycles. The first-order valence-electron chi connectivity index (χ1n) is 9.44. The van der Waals surface area contributed by atoms with Gasteiger partial charge in [-0.25, -0.2) is 8.42 Å². The number of hydrogen-bond donors (Lipinski definition) is 2. The lowest BCUT2D eigenvalue weighted by molar-refractivity contribution is -0.144. The lowest BCUT2D eigenvalue weighted by Crippen LogP contribution is -2.50. The first-order valence-corrected chi connectivity index (χ1v) is 11.3. The van der Waals surface area contributed by atoms with Crippen LogP contribution in [0.3, 0.4) is 0 Å². The van der Waals surface area contributed by atoms with Gasteiger partial charge in [0.1, 0.15) is 6.04 Å². The molecule has 29 heavy (non-hydrogen) atoms. The predicted octanol–water partition coefficient (Wildman–Crippen LogP) is 2.54. The standard InChI is InChI=1S/C21H23N3O4S/c1-29(27,28)24-13-11-23(12-14-24)20(21(25)26)18-16-9-5-6-10-17(16)22-19(18)15-7-3-2-4-8-15/h2-10,20,22H,11-14H2,1H3,(H,25,26). The number of hydrogen-bond acceptors (Lipinski definition) is 4. The Kier molecular flexibility index (Phi) is 5.16. The number of nitrogens with one attached hydrogen (secondary N) is 1. The van der Waals surface area contributed by atoms with E-state index in [4.69, 9.17) is 0 Å². The summed E-state index contributed by atoms with van der Waals surface area (Å²) >= 11 is 0. The summed E-state index contributed by atoms with van der Waals surface area (Å²) in [5.41, 5.74) is 3.29. The molecule has 2 N–H and O–H groups in total. The van der Waals surface area contributed by atoms with Crippen molar-refractivity contribution in [3.63, 3.8) is 0 Å². The third-order valence-corrected chi connectivity index (χ3v) is 6.73. The van der Waals surface area contributed by atoms with E-state index in [0.717, 1.165) is 22.2 Å². The maximum atomic E-state index is 12.4. The number of fused-ring (bicyclic) bond motifs is 1. The van der Waals surface area contributed by atoms with Crippen LogP contribution in [0.5, 0.6) is 0 Å². The largest absolute Gasteiger partial charge is 0.480 e. The van der Waals surface area contributed by atoms with Gasteiger partial charge in [0, 0.05) is 42.6 Å². The van der Waals surface area contributed by atoms with Gasteiger partial charge in [0.05, 0.1) is 11.9 Å². The summed E-state index contributed by atoms with van der Waals surface area (Å²) in [6, 6.07) is 16.5. The molecule has 7 nitrogen and oxygen atoms in total. The zero-order valence-corrected chi connectivity index (χ0v) is 16.9. The van der Waals surface area contributed by atoms with Crippen LogP contribution in [0.4, 0.5) is 0 Å². The molecule has 1 fully saturated rings. The first kappa shape index (κ1) is 19.6. The third kappa shape index (κ3) is 3.78. The van der Waals surface area contributed by atoms with Gasteiger partial charge in [-0.15, -0.1) is 0 Å². The summed E-state index contributed by atoms with van der Waals surface area (Å²) in [5, 5.41) is 11.0. The molecule has 1 saturated heterocycles. The van der Waals surface area contributed by atoms with Gasteiger partial charge in [0.25, 0.3) is 0 Å². The van der Waals surface area contributed by atoms with Crippen LogP contribution in [-0.4, -0.2) is 66.1 Å². The van der Waals surface area contributed by atoms with E-state index in [1.165, 1.54) is 10.6 Å². The second kappa shape index (κ2) is 7.62. The van der Waals surface area contributed by atoms with Gasteiger partial charge in [-0.05, 0) is 11.6 Å². The van der Waals surface area contributed by atoms with Crippen molar-refractivity contribution in [3.05, 3.63) is 60.2 Å². The van der Waals surface area contributed by atoms with Gasteiger partial charge >= 0.3 is 5.97 Å². The van der Waals surface area contributed by atoms with Gasteiger partial charge < -0.3 is 10.1 Å². The number of benzene rings is 2. The Hall–Kier alpha value is -2.68. The van der Waals surface area contributed by atoms with Gasteiger partial charge in [0.15, 0.2) is 0 Å². The molecular formula is C21H23N3O4S. The lowest BCUT2D eigenvalue weighted by Gasteiger charge is -2.36. The summed E-state index contributed by atoms with van der Waals surface area (Å²) in [7, 11) is -3.28. The second-order valence-electron chi connectivity index (χ2n) is 7.26. The van der Waals surface area contributed by atoms with Crippen LogP contribution in [0.15, 0.2) is 54.6 Å². The van der Waals surface area contributed by atoms with Gasteiger partial charge in [-0.3, -0.25) is 9.69 Å². The van der Waals surface area contributed by atoms with Gasteiger partial charge in [-0.2, -0.15) is 4.31 Å². The number of H-pyrrole nitrogens is 1. The van der Waals surface area contributed by atoms with Crippen LogP contribution in [0.1, 0.15) is 11.6 Å². The zero-order valence-electron chi connectivity index (χ0n) is 16.1. The van der Waals surface area contributed by atoms with E-state index < -0.39 is 22.0 Å². The van der Waals surface area contributed by atoms with Crippen molar-refractivity contribution in [3.8, 4) is 11.3 Å². The smallest absolute Gasteiger partial charge is 0.325 e. The Bertz CT molecular complexity index is 1130. The van der Waals surface area contributed by atoms with Crippen molar-refractivity contribution in [2.45, 2.75) is 6.04 Å². The number of nitrogens with zero attached hydrogens (tertiary/aromatic N) is 2. The SMILES string of the molecule is CS(=O)(=O)N1CCN(C(C(=O)O)c2c(-c3ccccc3)[nH]c3ccccc23)CC1. The molecule has 2 aromatic carbocycles. The highest BCUT2D eigenvalue weighted by Crippen LogP contribution is 2.37. The summed E-state index contributed by atoms with van der Waals surface area (Å²) in [5.74, 6) is -0.945. The number of sulfonamides is 1. The molecular weight excluding hydrogens is 390 g/mol. The average molecular weight is 413 g/mol. The highest BCUT2D eigenvalue weighted by atomic mass is 32.2. The van der Waals surface area contributed by atoms with E-state index in [1.54, 1.807) is 0 Å². The van der Waals surface area contributed by atoms with Crippen molar-refractivity contribution in [1.82, 2.24) is 14.2 Å². The number of piperazine rings is 1. The Morgan fingerprint density at radius 2 is 1.62 bits per heavy atom. The topological polar surface area (TPSA) is 93.7 Å². The molecule has 1 aliphatic rings. The highest BCUT2D eigenvalue weighted by molar-refractivity contribution is 7.88. The molecule has 8 heteroatoms. The minimum absolute atomic E-state index is 0.283. The maximum Gasteiger partial charge on any atom is 0.325 e. The van der Waals surface area contributed by atoms with Crippen LogP contribution >= 0.6 is 0 Å². The number of para-hydroxylation sites is 1. The molecule has 0 bridgehead atoms. The zero-order chi connectivity index (χ0) is 20.6. The molecule has 0 aliphatic carbocycles. The number of aliphatic carboxylic acids is 1. The fourth-order valence-electron chi connectivity index (χ4n) is 4.04. The first-order chi connectivity index (χ1) is 13.9. The molecule has 1 unspecified atom stereocenters. The molecule has 0 amide bonds. The summed E-state index contributed by atoms with van der Waals surface area (Å²) < 4.78 is 25.0. The Balaban J connectivity index is 1.80. The van der Waals surface area contributed by atoms with E-state index in [2.05, 4.69) is 4.98 Å². The fraction of sp³-hybridized carbons (Fsp3) is 0.286. The van der Waals surface area contributed by atoms with E-state index in [0.29, 0.717) is 18.7 Å². The van der Waals surface area contributed by atoms with Crippen molar-refractivity contribution in [2.75, 3.05) is 32.4 Å². The van der Waals surface area contributed by atoms with Gasteiger partial charge in [0.2, 0.25) is 10.0 Å².